The van der Waals surface area contributed by atoms with Crippen LogP contribution in [0.15, 0.2) is 87.2 Å². The minimum absolute atomic E-state index is 0.0678. The zero-order valence-corrected chi connectivity index (χ0v) is 18.9. The van der Waals surface area contributed by atoms with Gasteiger partial charge in [0.25, 0.3) is 5.56 Å². The molecule has 0 amide bonds. The maximum Gasteiger partial charge on any atom is 0.282 e. The summed E-state index contributed by atoms with van der Waals surface area (Å²) < 4.78 is 8.29. The highest BCUT2D eigenvalue weighted by Gasteiger charge is 2.13. The number of nitrogens with zero attached hydrogens (tertiary/aromatic N) is 3. The average molecular weight is 476 g/mol. The van der Waals surface area contributed by atoms with Crippen molar-refractivity contribution in [3.05, 3.63) is 93.2 Å². The number of para-hydroxylation sites is 1. The zero-order chi connectivity index (χ0) is 21.8. The van der Waals surface area contributed by atoms with Gasteiger partial charge in [-0.3, -0.25) is 4.79 Å². The monoisotopic (exact) mass is 475 g/mol. The van der Waals surface area contributed by atoms with Gasteiger partial charge in [-0.2, -0.15) is 9.78 Å². The first-order valence-electron chi connectivity index (χ1n) is 10.1. The Kier molecular flexibility index (Phi) is 6.28. The summed E-state index contributed by atoms with van der Waals surface area (Å²) in [5, 5.41) is 5.07. The zero-order valence-electron chi connectivity index (χ0n) is 17.3. The van der Waals surface area contributed by atoms with Gasteiger partial charge in [-0.15, -0.1) is 0 Å². The van der Waals surface area contributed by atoms with Crippen molar-refractivity contribution >= 4 is 33.0 Å². The predicted molar refractivity (Wildman–Crippen MR) is 129 cm³/mol. The molecule has 0 aliphatic carbocycles. The Bertz CT molecular complexity index is 1300. The van der Waals surface area contributed by atoms with Gasteiger partial charge in [-0.1, -0.05) is 65.3 Å². The first kappa shape index (κ1) is 21.0. The molecule has 0 N–H and O–H groups in total. The second kappa shape index (κ2) is 9.27. The van der Waals surface area contributed by atoms with Gasteiger partial charge >= 0.3 is 0 Å². The van der Waals surface area contributed by atoms with Crippen LogP contribution in [0.5, 0.6) is 5.75 Å². The summed E-state index contributed by atoms with van der Waals surface area (Å²) >= 11 is 3.51. The summed E-state index contributed by atoms with van der Waals surface area (Å²) in [4.78, 5) is 18.0. The summed E-state index contributed by atoms with van der Waals surface area (Å²) in [6.07, 6.45) is 2.60. The van der Waals surface area contributed by atoms with E-state index >= 15 is 0 Å². The number of benzene rings is 3. The van der Waals surface area contributed by atoms with Crippen molar-refractivity contribution in [1.82, 2.24) is 9.66 Å². The molecule has 0 aliphatic rings. The summed E-state index contributed by atoms with van der Waals surface area (Å²) in [5.41, 5.74) is 2.00. The van der Waals surface area contributed by atoms with E-state index in [1.807, 2.05) is 73.7 Å². The van der Waals surface area contributed by atoms with Crippen LogP contribution in [0.4, 0.5) is 0 Å². The fourth-order valence-corrected chi connectivity index (χ4v) is 3.53. The van der Waals surface area contributed by atoms with Crippen LogP contribution >= 0.6 is 15.9 Å². The molecule has 0 saturated carbocycles. The lowest BCUT2D eigenvalue weighted by molar-refractivity contribution is 0.217. The Hall–Kier alpha value is -3.25. The highest BCUT2D eigenvalue weighted by molar-refractivity contribution is 9.10. The third-order valence-corrected chi connectivity index (χ3v) is 5.47. The highest BCUT2D eigenvalue weighted by atomic mass is 79.9. The highest BCUT2D eigenvalue weighted by Crippen LogP contribution is 2.24. The molecule has 4 aromatic rings. The number of rotatable bonds is 6. The molecule has 0 radical (unpaired) electrons. The molecule has 1 aromatic heterocycles. The van der Waals surface area contributed by atoms with Crippen LogP contribution in [-0.2, 0) is 0 Å². The largest absolute Gasteiger partial charge is 0.490 e. The number of aromatic nitrogens is 2. The second-order valence-electron chi connectivity index (χ2n) is 7.20. The molecule has 1 atom stereocenters. The quantitative estimate of drug-likeness (QED) is 0.327. The van der Waals surface area contributed by atoms with E-state index in [0.29, 0.717) is 22.5 Å². The lowest BCUT2D eigenvalue weighted by atomic mass is 10.2. The number of fused-ring (bicyclic) bond motifs is 1. The molecule has 0 spiro atoms. The van der Waals surface area contributed by atoms with Crippen molar-refractivity contribution in [1.29, 1.82) is 0 Å². The molecule has 6 heteroatoms. The van der Waals surface area contributed by atoms with Crippen molar-refractivity contribution in [2.75, 3.05) is 0 Å². The molecular formula is C25H22BrN3O2. The van der Waals surface area contributed by atoms with Gasteiger partial charge in [0.2, 0.25) is 0 Å². The van der Waals surface area contributed by atoms with E-state index in [2.05, 4.69) is 28.0 Å². The Morgan fingerprint density at radius 2 is 1.84 bits per heavy atom. The van der Waals surface area contributed by atoms with Crippen molar-refractivity contribution < 1.29 is 4.74 Å². The minimum atomic E-state index is -0.222. The van der Waals surface area contributed by atoms with Gasteiger partial charge in [0.15, 0.2) is 5.82 Å². The number of halogens is 1. The van der Waals surface area contributed by atoms with E-state index in [1.165, 1.54) is 4.68 Å². The van der Waals surface area contributed by atoms with E-state index < -0.39 is 0 Å². The van der Waals surface area contributed by atoms with Gasteiger partial charge < -0.3 is 4.74 Å². The van der Waals surface area contributed by atoms with Gasteiger partial charge in [0, 0.05) is 15.6 Å². The molecule has 31 heavy (non-hydrogen) atoms. The van der Waals surface area contributed by atoms with Crippen molar-refractivity contribution in [3.8, 4) is 17.1 Å². The van der Waals surface area contributed by atoms with Gasteiger partial charge in [-0.05, 0) is 43.7 Å². The second-order valence-corrected chi connectivity index (χ2v) is 8.11. The summed E-state index contributed by atoms with van der Waals surface area (Å²) in [5.74, 6) is 1.20. The number of hydrogen-bond donors (Lipinski definition) is 0. The van der Waals surface area contributed by atoms with Crippen LogP contribution in [0.1, 0.15) is 25.8 Å². The normalized spacial score (nSPS) is 12.4. The van der Waals surface area contributed by atoms with Crippen LogP contribution in [0.3, 0.4) is 0 Å². The van der Waals surface area contributed by atoms with Crippen LogP contribution < -0.4 is 10.3 Å². The smallest absolute Gasteiger partial charge is 0.282 e. The molecule has 3 aromatic carbocycles. The predicted octanol–water partition coefficient (Wildman–Crippen LogP) is 5.89. The van der Waals surface area contributed by atoms with Crippen molar-refractivity contribution in [2.24, 2.45) is 5.10 Å². The molecule has 1 heterocycles. The fourth-order valence-electron chi connectivity index (χ4n) is 3.15. The molecule has 0 aliphatic heterocycles. The van der Waals surface area contributed by atoms with Crippen LogP contribution in [0, 0.1) is 0 Å². The van der Waals surface area contributed by atoms with E-state index in [0.717, 1.165) is 22.0 Å². The van der Waals surface area contributed by atoms with Gasteiger partial charge in [-0.25, -0.2) is 4.98 Å². The van der Waals surface area contributed by atoms with Crippen molar-refractivity contribution in [2.45, 2.75) is 26.4 Å². The lowest BCUT2D eigenvalue weighted by Crippen LogP contribution is -2.20. The number of hydrogen-bond acceptors (Lipinski definition) is 4. The molecule has 0 saturated heterocycles. The maximum absolute atomic E-state index is 13.3. The van der Waals surface area contributed by atoms with Crippen molar-refractivity contribution in [3.63, 3.8) is 0 Å². The molecular weight excluding hydrogens is 454 g/mol. The Balaban J connectivity index is 1.87. The third kappa shape index (κ3) is 4.59. The SMILES string of the molecule is CC[C@@H](C)Oc1ccc(Br)cc1C=Nn1c(-c2ccccc2)nc2ccccc2c1=O. The third-order valence-electron chi connectivity index (χ3n) is 4.97. The Morgan fingerprint density at radius 3 is 2.61 bits per heavy atom. The van der Waals surface area contributed by atoms with Crippen LogP contribution in [0.2, 0.25) is 0 Å². The summed E-state index contributed by atoms with van der Waals surface area (Å²) in [6, 6.07) is 22.6. The average Bonchev–Trinajstić information content (AvgIpc) is 2.80. The number of ether oxygens (including phenoxy) is 1. The summed E-state index contributed by atoms with van der Waals surface area (Å²) in [7, 11) is 0. The van der Waals surface area contributed by atoms with Crippen LogP contribution in [0.25, 0.3) is 22.3 Å². The molecule has 4 rings (SSSR count). The van der Waals surface area contributed by atoms with Gasteiger partial charge in [0.1, 0.15) is 5.75 Å². The van der Waals surface area contributed by atoms with E-state index in [4.69, 9.17) is 9.72 Å². The first-order chi connectivity index (χ1) is 15.1. The maximum atomic E-state index is 13.3. The molecule has 0 fully saturated rings. The molecule has 0 unspecified atom stereocenters. The Morgan fingerprint density at radius 1 is 1.10 bits per heavy atom. The summed E-state index contributed by atoms with van der Waals surface area (Å²) in [6.45, 7) is 4.10. The van der Waals surface area contributed by atoms with Gasteiger partial charge in [0.05, 0.1) is 23.2 Å². The topological polar surface area (TPSA) is 56.5 Å². The van der Waals surface area contributed by atoms with Crippen LogP contribution in [-0.4, -0.2) is 22.0 Å². The molecule has 156 valence electrons. The van der Waals surface area contributed by atoms with E-state index in [-0.39, 0.29) is 11.7 Å². The lowest BCUT2D eigenvalue weighted by Gasteiger charge is -2.15. The Labute approximate surface area is 189 Å². The minimum Gasteiger partial charge on any atom is -0.490 e. The standard InChI is InChI=1S/C25H22BrN3O2/c1-3-17(2)31-23-14-13-20(26)15-19(23)16-27-29-24(18-9-5-4-6-10-18)28-22-12-8-7-11-21(22)25(29)30/h4-17H,3H2,1-2H3/t17-/m1/s1. The van der Waals surface area contributed by atoms with E-state index in [1.54, 1.807) is 12.3 Å². The van der Waals surface area contributed by atoms with E-state index in [9.17, 15) is 4.79 Å². The fraction of sp³-hybridized carbons (Fsp3) is 0.160. The molecule has 5 nitrogen and oxygen atoms in total. The molecule has 0 bridgehead atoms. The first-order valence-corrected chi connectivity index (χ1v) is 10.9.